The Balaban J connectivity index is 2.01. The summed E-state index contributed by atoms with van der Waals surface area (Å²) < 4.78 is 4.58. The summed E-state index contributed by atoms with van der Waals surface area (Å²) >= 11 is 1.30. The number of carbonyl (C=O) groups is 3. The van der Waals surface area contributed by atoms with Gasteiger partial charge < -0.3 is 15.4 Å². The lowest BCUT2D eigenvalue weighted by Gasteiger charge is -2.07. The maximum atomic E-state index is 11.8. The van der Waals surface area contributed by atoms with Crippen molar-refractivity contribution >= 4 is 35.2 Å². The lowest BCUT2D eigenvalue weighted by Crippen LogP contribution is -2.27. The van der Waals surface area contributed by atoms with Crippen LogP contribution in [-0.2, 0) is 19.1 Å². The van der Waals surface area contributed by atoms with E-state index in [1.54, 1.807) is 0 Å². The number of rotatable bonds is 12. The zero-order valence-corrected chi connectivity index (χ0v) is 16.3. The van der Waals surface area contributed by atoms with Crippen LogP contribution in [0.2, 0.25) is 0 Å². The molecule has 0 radical (unpaired) electrons. The second-order valence-electron chi connectivity index (χ2n) is 6.00. The molecular formula is C19H28N2O4S. The zero-order valence-electron chi connectivity index (χ0n) is 15.5. The number of anilines is 1. The molecule has 2 N–H and O–H groups in total. The number of amides is 2. The van der Waals surface area contributed by atoms with Gasteiger partial charge in [0.2, 0.25) is 11.8 Å². The highest BCUT2D eigenvalue weighted by molar-refractivity contribution is 8.00. The molecule has 0 atom stereocenters. The molecule has 1 aromatic rings. The summed E-state index contributed by atoms with van der Waals surface area (Å²) in [6.45, 7) is 2.58. The Hall–Kier alpha value is -2.02. The number of hydrogen-bond acceptors (Lipinski definition) is 5. The number of aryl methyl sites for hydroxylation is 1. The molecule has 0 heterocycles. The molecule has 0 saturated carbocycles. The number of thioether (sulfide) groups is 1. The van der Waals surface area contributed by atoms with Crippen molar-refractivity contribution in [2.24, 2.45) is 0 Å². The predicted molar refractivity (Wildman–Crippen MR) is 105 cm³/mol. The van der Waals surface area contributed by atoms with Gasteiger partial charge in [-0.05, 0) is 37.5 Å². The van der Waals surface area contributed by atoms with Gasteiger partial charge in [-0.3, -0.25) is 14.4 Å². The van der Waals surface area contributed by atoms with Crippen molar-refractivity contribution in [1.82, 2.24) is 5.32 Å². The van der Waals surface area contributed by atoms with Gasteiger partial charge in [-0.15, -0.1) is 11.8 Å². The predicted octanol–water partition coefficient (Wildman–Crippen LogP) is 2.91. The molecular weight excluding hydrogens is 352 g/mol. The molecule has 0 spiro atoms. The first-order valence-electron chi connectivity index (χ1n) is 8.79. The fourth-order valence-corrected chi connectivity index (χ4v) is 2.93. The van der Waals surface area contributed by atoms with Gasteiger partial charge in [-0.25, -0.2) is 0 Å². The first-order valence-corrected chi connectivity index (χ1v) is 9.94. The van der Waals surface area contributed by atoms with Crippen molar-refractivity contribution in [3.05, 3.63) is 29.8 Å². The van der Waals surface area contributed by atoms with Crippen LogP contribution in [0.5, 0.6) is 0 Å². The number of unbranched alkanes of at least 4 members (excludes halogenated alkanes) is 3. The van der Waals surface area contributed by atoms with Crippen LogP contribution in [0, 0.1) is 6.92 Å². The number of carbonyl (C=O) groups excluding carboxylic acids is 3. The quantitative estimate of drug-likeness (QED) is 0.430. The zero-order chi connectivity index (χ0) is 19.2. The minimum absolute atomic E-state index is 0.0621. The van der Waals surface area contributed by atoms with E-state index in [-0.39, 0.29) is 29.3 Å². The van der Waals surface area contributed by atoms with Crippen molar-refractivity contribution in [1.29, 1.82) is 0 Å². The molecule has 0 saturated heterocycles. The average Bonchev–Trinajstić information content (AvgIpc) is 2.60. The Labute approximate surface area is 159 Å². The lowest BCUT2D eigenvalue weighted by molar-refractivity contribution is -0.140. The van der Waals surface area contributed by atoms with Crippen LogP contribution < -0.4 is 10.6 Å². The van der Waals surface area contributed by atoms with Crippen LogP contribution in [0.1, 0.15) is 37.7 Å². The normalized spacial score (nSPS) is 10.2. The van der Waals surface area contributed by atoms with Gasteiger partial charge in [-0.2, -0.15) is 0 Å². The molecule has 26 heavy (non-hydrogen) atoms. The highest BCUT2D eigenvalue weighted by Gasteiger charge is 2.06. The van der Waals surface area contributed by atoms with Crippen LogP contribution in [-0.4, -0.2) is 42.9 Å². The fraction of sp³-hybridized carbons (Fsp3) is 0.526. The van der Waals surface area contributed by atoms with Crippen LogP contribution >= 0.6 is 11.8 Å². The van der Waals surface area contributed by atoms with Crippen molar-refractivity contribution in [2.45, 2.75) is 39.0 Å². The Morgan fingerprint density at radius 1 is 1.04 bits per heavy atom. The Morgan fingerprint density at radius 2 is 1.77 bits per heavy atom. The summed E-state index contributed by atoms with van der Waals surface area (Å²) in [7, 11) is 1.39. The van der Waals surface area contributed by atoms with E-state index in [2.05, 4.69) is 15.4 Å². The molecule has 0 bridgehead atoms. The summed E-state index contributed by atoms with van der Waals surface area (Å²) in [5.41, 5.74) is 1.85. The van der Waals surface area contributed by atoms with E-state index in [4.69, 9.17) is 0 Å². The SMILES string of the molecule is COC(=O)CCCCCCNC(=O)CSCC(=O)Nc1cccc(C)c1. The van der Waals surface area contributed by atoms with Gasteiger partial charge in [0.15, 0.2) is 0 Å². The molecule has 6 nitrogen and oxygen atoms in total. The number of hydrogen-bond donors (Lipinski definition) is 2. The molecule has 0 aliphatic carbocycles. The van der Waals surface area contributed by atoms with Gasteiger partial charge in [0, 0.05) is 18.7 Å². The van der Waals surface area contributed by atoms with E-state index in [9.17, 15) is 14.4 Å². The van der Waals surface area contributed by atoms with Crippen LogP contribution in [0.15, 0.2) is 24.3 Å². The van der Waals surface area contributed by atoms with Crippen molar-refractivity contribution in [3.63, 3.8) is 0 Å². The van der Waals surface area contributed by atoms with E-state index in [0.29, 0.717) is 13.0 Å². The van der Waals surface area contributed by atoms with Crippen molar-refractivity contribution < 1.29 is 19.1 Å². The summed E-state index contributed by atoms with van der Waals surface area (Å²) in [6.07, 6.45) is 4.05. The van der Waals surface area contributed by atoms with Gasteiger partial charge in [0.05, 0.1) is 18.6 Å². The van der Waals surface area contributed by atoms with E-state index in [1.807, 2.05) is 31.2 Å². The topological polar surface area (TPSA) is 84.5 Å². The third-order valence-corrected chi connectivity index (χ3v) is 4.56. The number of benzene rings is 1. The summed E-state index contributed by atoms with van der Waals surface area (Å²) in [5, 5.41) is 5.66. The maximum Gasteiger partial charge on any atom is 0.305 e. The summed E-state index contributed by atoms with van der Waals surface area (Å²) in [4.78, 5) is 34.5. The largest absolute Gasteiger partial charge is 0.469 e. The van der Waals surface area contributed by atoms with E-state index < -0.39 is 0 Å². The van der Waals surface area contributed by atoms with Gasteiger partial charge in [0.1, 0.15) is 0 Å². The molecule has 1 rings (SSSR count). The maximum absolute atomic E-state index is 11.8. The molecule has 144 valence electrons. The van der Waals surface area contributed by atoms with Crippen LogP contribution in [0.4, 0.5) is 5.69 Å². The van der Waals surface area contributed by atoms with Gasteiger partial charge >= 0.3 is 5.97 Å². The average molecular weight is 381 g/mol. The molecule has 0 aliphatic heterocycles. The molecule has 2 amide bonds. The molecule has 7 heteroatoms. The van der Waals surface area contributed by atoms with Crippen molar-refractivity contribution in [3.8, 4) is 0 Å². The second-order valence-corrected chi connectivity index (χ2v) is 6.99. The number of methoxy groups -OCH3 is 1. The van der Waals surface area contributed by atoms with Gasteiger partial charge in [-0.1, -0.05) is 25.0 Å². The Morgan fingerprint density at radius 3 is 2.50 bits per heavy atom. The molecule has 0 aromatic heterocycles. The highest BCUT2D eigenvalue weighted by Crippen LogP contribution is 2.10. The number of esters is 1. The van der Waals surface area contributed by atoms with E-state index in [0.717, 1.165) is 36.9 Å². The summed E-state index contributed by atoms with van der Waals surface area (Å²) in [6, 6.07) is 7.60. The monoisotopic (exact) mass is 380 g/mol. The third-order valence-electron chi connectivity index (χ3n) is 3.63. The number of nitrogens with one attached hydrogen (secondary N) is 2. The minimum atomic E-state index is -0.179. The third kappa shape index (κ3) is 10.8. The standard InChI is InChI=1S/C19H28N2O4S/c1-15-8-7-9-16(12-15)21-18(23)14-26-13-17(22)20-11-6-4-3-5-10-19(24)25-2/h7-9,12H,3-6,10-11,13-14H2,1-2H3,(H,20,22)(H,21,23). The molecule has 0 fully saturated rings. The van der Waals surface area contributed by atoms with Crippen molar-refractivity contribution in [2.75, 3.05) is 30.5 Å². The summed E-state index contributed by atoms with van der Waals surface area (Å²) in [5.74, 6) is 0.159. The van der Waals surface area contributed by atoms with E-state index in [1.165, 1.54) is 18.9 Å². The smallest absolute Gasteiger partial charge is 0.305 e. The number of ether oxygens (including phenoxy) is 1. The van der Waals surface area contributed by atoms with E-state index >= 15 is 0 Å². The van der Waals surface area contributed by atoms with Crippen LogP contribution in [0.3, 0.4) is 0 Å². The molecule has 0 unspecified atom stereocenters. The molecule has 0 aliphatic rings. The minimum Gasteiger partial charge on any atom is -0.469 e. The Bertz CT molecular complexity index is 593. The van der Waals surface area contributed by atoms with Gasteiger partial charge in [0.25, 0.3) is 0 Å². The van der Waals surface area contributed by atoms with Crippen LogP contribution in [0.25, 0.3) is 0 Å². The Kier molecular flexibility index (Phi) is 11.2. The first kappa shape index (κ1) is 22.0. The fourth-order valence-electron chi connectivity index (χ4n) is 2.29. The first-order chi connectivity index (χ1) is 12.5. The second kappa shape index (κ2) is 13.2. The lowest BCUT2D eigenvalue weighted by atomic mass is 10.1. The molecule has 1 aromatic carbocycles. The highest BCUT2D eigenvalue weighted by atomic mass is 32.2.